The zero-order chi connectivity index (χ0) is 14.7. The minimum Gasteiger partial charge on any atom is -0.485 e. The maximum Gasteiger partial charge on any atom is 0.265 e. The third-order valence-electron chi connectivity index (χ3n) is 3.90. The molecule has 2 aliphatic heterocycles. The van der Waals surface area contributed by atoms with Crippen LogP contribution in [0.5, 0.6) is 11.5 Å². The van der Waals surface area contributed by atoms with Gasteiger partial charge in [-0.15, -0.1) is 0 Å². The lowest BCUT2D eigenvalue weighted by Crippen LogP contribution is -2.57. The van der Waals surface area contributed by atoms with Gasteiger partial charge in [0.05, 0.1) is 5.54 Å². The summed E-state index contributed by atoms with van der Waals surface area (Å²) in [5, 5.41) is 3.82. The van der Waals surface area contributed by atoms with Gasteiger partial charge in [-0.05, 0) is 25.0 Å². The number of carbonyl (C=O) groups excluding carboxylic acids is 1. The Balaban J connectivity index is 1.66. The first-order valence-corrected chi connectivity index (χ1v) is 8.19. The maximum absolute atomic E-state index is 12.5. The lowest BCUT2D eigenvalue weighted by molar-refractivity contribution is -0.133. The molecule has 1 atom stereocenters. The molecule has 6 heteroatoms. The molecule has 0 saturated carbocycles. The van der Waals surface area contributed by atoms with Crippen LogP contribution >= 0.6 is 15.9 Å². The van der Waals surface area contributed by atoms with Gasteiger partial charge in [0.25, 0.3) is 5.91 Å². The maximum atomic E-state index is 12.5. The van der Waals surface area contributed by atoms with Crippen LogP contribution in [-0.2, 0) is 9.53 Å². The highest BCUT2D eigenvalue weighted by Crippen LogP contribution is 2.31. The number of ether oxygens (including phenoxy) is 3. The summed E-state index contributed by atoms with van der Waals surface area (Å²) < 4.78 is 16.7. The molecule has 0 aliphatic carbocycles. The Morgan fingerprint density at radius 1 is 1.29 bits per heavy atom. The monoisotopic (exact) mass is 355 g/mol. The second kappa shape index (κ2) is 6.23. The quantitative estimate of drug-likeness (QED) is 0.841. The molecule has 1 aromatic rings. The Morgan fingerprint density at radius 2 is 2.00 bits per heavy atom. The van der Waals surface area contributed by atoms with Crippen molar-refractivity contribution in [3.8, 4) is 11.5 Å². The topological polar surface area (TPSA) is 56.8 Å². The van der Waals surface area contributed by atoms with E-state index in [0.29, 0.717) is 30.0 Å². The van der Waals surface area contributed by atoms with E-state index in [9.17, 15) is 4.79 Å². The molecule has 0 bridgehead atoms. The van der Waals surface area contributed by atoms with Crippen LogP contribution in [0.1, 0.15) is 12.8 Å². The van der Waals surface area contributed by atoms with Gasteiger partial charge in [-0.3, -0.25) is 4.79 Å². The number of benzene rings is 1. The summed E-state index contributed by atoms with van der Waals surface area (Å²) in [4.78, 5) is 12.5. The van der Waals surface area contributed by atoms with Crippen LogP contribution in [0, 0.1) is 0 Å². The van der Waals surface area contributed by atoms with Crippen LogP contribution in [0.3, 0.4) is 0 Å². The zero-order valence-electron chi connectivity index (χ0n) is 11.6. The summed E-state index contributed by atoms with van der Waals surface area (Å²) in [6.07, 6.45) is 0.987. The minimum atomic E-state index is -0.612. The van der Waals surface area contributed by atoms with E-state index in [1.165, 1.54) is 0 Å². The second-order valence-electron chi connectivity index (χ2n) is 5.38. The van der Waals surface area contributed by atoms with Crippen molar-refractivity contribution >= 4 is 21.8 Å². The molecule has 2 heterocycles. The molecular formula is C15H18BrNO4. The van der Waals surface area contributed by atoms with Crippen molar-refractivity contribution in [1.82, 2.24) is 5.32 Å². The van der Waals surface area contributed by atoms with Gasteiger partial charge in [0, 0.05) is 18.5 Å². The number of rotatable bonds is 3. The SMILES string of the molecule is O=C(NC1(CBr)CCOCC1)C1COc2ccccc2O1. The number of fused-ring (bicyclic) bond motifs is 1. The molecule has 1 saturated heterocycles. The Morgan fingerprint density at radius 3 is 2.71 bits per heavy atom. The van der Waals surface area contributed by atoms with Crippen LogP contribution in [0.15, 0.2) is 24.3 Å². The standard InChI is InChI=1S/C15H18BrNO4/c16-10-15(5-7-19-8-6-15)17-14(18)13-9-20-11-3-1-2-4-12(11)21-13/h1-4,13H,5-10H2,(H,17,18). The summed E-state index contributed by atoms with van der Waals surface area (Å²) in [5.74, 6) is 1.16. The van der Waals surface area contributed by atoms with Crippen molar-refractivity contribution in [1.29, 1.82) is 0 Å². The molecule has 0 aromatic heterocycles. The highest BCUT2D eigenvalue weighted by molar-refractivity contribution is 9.09. The Kier molecular flexibility index (Phi) is 4.35. The van der Waals surface area contributed by atoms with Gasteiger partial charge in [0.15, 0.2) is 11.5 Å². The van der Waals surface area contributed by atoms with E-state index >= 15 is 0 Å². The van der Waals surface area contributed by atoms with Crippen molar-refractivity contribution in [2.45, 2.75) is 24.5 Å². The summed E-state index contributed by atoms with van der Waals surface area (Å²) in [5.41, 5.74) is -0.254. The first-order valence-electron chi connectivity index (χ1n) is 7.07. The van der Waals surface area contributed by atoms with Gasteiger partial charge in [0.1, 0.15) is 6.61 Å². The first-order chi connectivity index (χ1) is 10.2. The fourth-order valence-electron chi connectivity index (χ4n) is 2.54. The largest absolute Gasteiger partial charge is 0.485 e. The molecule has 1 N–H and O–H groups in total. The molecular weight excluding hydrogens is 338 g/mol. The van der Waals surface area contributed by atoms with E-state index in [1.54, 1.807) is 0 Å². The third-order valence-corrected chi connectivity index (χ3v) is 4.97. The van der Waals surface area contributed by atoms with E-state index in [-0.39, 0.29) is 18.1 Å². The van der Waals surface area contributed by atoms with E-state index in [4.69, 9.17) is 14.2 Å². The van der Waals surface area contributed by atoms with Crippen molar-refractivity contribution in [2.24, 2.45) is 0 Å². The van der Waals surface area contributed by atoms with Gasteiger partial charge < -0.3 is 19.5 Å². The minimum absolute atomic E-state index is 0.133. The molecule has 114 valence electrons. The Labute approximate surface area is 132 Å². The molecule has 0 radical (unpaired) electrons. The lowest BCUT2D eigenvalue weighted by Gasteiger charge is -2.38. The average molecular weight is 356 g/mol. The number of nitrogens with one attached hydrogen (secondary N) is 1. The van der Waals surface area contributed by atoms with E-state index in [0.717, 1.165) is 12.8 Å². The third kappa shape index (κ3) is 3.16. The molecule has 1 unspecified atom stereocenters. The molecule has 1 aromatic carbocycles. The number of carbonyl (C=O) groups is 1. The molecule has 0 spiro atoms. The van der Waals surface area contributed by atoms with Crippen LogP contribution in [0.2, 0.25) is 0 Å². The fraction of sp³-hybridized carbons (Fsp3) is 0.533. The van der Waals surface area contributed by atoms with Gasteiger partial charge >= 0.3 is 0 Å². The fourth-order valence-corrected chi connectivity index (χ4v) is 3.25. The molecule has 1 fully saturated rings. The summed E-state index contributed by atoms with van der Waals surface area (Å²) in [7, 11) is 0. The molecule has 1 amide bonds. The smallest absolute Gasteiger partial charge is 0.265 e. The predicted molar refractivity (Wildman–Crippen MR) is 81.1 cm³/mol. The van der Waals surface area contributed by atoms with Crippen LogP contribution in [-0.4, -0.2) is 42.7 Å². The van der Waals surface area contributed by atoms with Gasteiger partial charge in [-0.1, -0.05) is 28.1 Å². The van der Waals surface area contributed by atoms with Crippen molar-refractivity contribution < 1.29 is 19.0 Å². The Hall–Kier alpha value is -1.27. The van der Waals surface area contributed by atoms with Crippen LogP contribution < -0.4 is 14.8 Å². The van der Waals surface area contributed by atoms with Crippen LogP contribution in [0.4, 0.5) is 0 Å². The second-order valence-corrected chi connectivity index (χ2v) is 5.94. The van der Waals surface area contributed by atoms with Crippen molar-refractivity contribution in [3.63, 3.8) is 0 Å². The number of halogens is 1. The number of hydrogen-bond donors (Lipinski definition) is 1. The van der Waals surface area contributed by atoms with Gasteiger partial charge in [-0.2, -0.15) is 0 Å². The Bertz CT molecular complexity index is 516. The first kappa shape index (κ1) is 14.7. The molecule has 2 aliphatic rings. The van der Waals surface area contributed by atoms with E-state index < -0.39 is 6.10 Å². The zero-order valence-corrected chi connectivity index (χ0v) is 13.2. The normalized spacial score (nSPS) is 23.4. The highest BCUT2D eigenvalue weighted by Gasteiger charge is 2.37. The van der Waals surface area contributed by atoms with Gasteiger partial charge in [0.2, 0.25) is 6.10 Å². The van der Waals surface area contributed by atoms with Crippen molar-refractivity contribution in [3.05, 3.63) is 24.3 Å². The molecule has 3 rings (SSSR count). The molecule has 5 nitrogen and oxygen atoms in total. The molecule has 21 heavy (non-hydrogen) atoms. The average Bonchev–Trinajstić information content (AvgIpc) is 2.55. The number of hydrogen-bond acceptors (Lipinski definition) is 4. The van der Waals surface area contributed by atoms with E-state index in [2.05, 4.69) is 21.2 Å². The predicted octanol–water partition coefficient (Wildman–Crippen LogP) is 1.89. The number of para-hydroxylation sites is 2. The lowest BCUT2D eigenvalue weighted by atomic mass is 9.92. The van der Waals surface area contributed by atoms with Gasteiger partial charge in [-0.25, -0.2) is 0 Å². The van der Waals surface area contributed by atoms with Crippen LogP contribution in [0.25, 0.3) is 0 Å². The summed E-state index contributed by atoms with van der Waals surface area (Å²) in [6, 6.07) is 7.39. The number of alkyl halides is 1. The number of amides is 1. The summed E-state index contributed by atoms with van der Waals surface area (Å²) >= 11 is 3.50. The highest BCUT2D eigenvalue weighted by atomic mass is 79.9. The van der Waals surface area contributed by atoms with Crippen molar-refractivity contribution in [2.75, 3.05) is 25.2 Å². The van der Waals surface area contributed by atoms with E-state index in [1.807, 2.05) is 24.3 Å². The summed E-state index contributed by atoms with van der Waals surface area (Å²) in [6.45, 7) is 1.56.